The summed E-state index contributed by atoms with van der Waals surface area (Å²) in [5.41, 5.74) is 2.36. The second-order valence-corrected chi connectivity index (χ2v) is 4.91. The minimum atomic E-state index is 0.138. The summed E-state index contributed by atoms with van der Waals surface area (Å²) in [5, 5.41) is 0. The highest BCUT2D eigenvalue weighted by Gasteiger charge is 2.40. The Bertz CT molecular complexity index is 388. The molecule has 1 aromatic carbocycles. The van der Waals surface area contributed by atoms with Gasteiger partial charge in [-0.15, -0.1) is 0 Å². The van der Waals surface area contributed by atoms with Crippen LogP contribution in [-0.4, -0.2) is 24.8 Å². The van der Waals surface area contributed by atoms with Crippen molar-refractivity contribution in [1.82, 2.24) is 4.90 Å². The number of carbonyl (C=O) groups is 1. The Hall–Kier alpha value is -1.15. The summed E-state index contributed by atoms with van der Waals surface area (Å²) in [6.07, 6.45) is 3.74. The molecule has 2 rings (SSSR count). The molecule has 1 aromatic rings. The van der Waals surface area contributed by atoms with Gasteiger partial charge in [-0.05, 0) is 45.8 Å². The number of carbonyl (C=O) groups excluding carboxylic acids is 1. The lowest BCUT2D eigenvalue weighted by Crippen LogP contribution is -2.47. The van der Waals surface area contributed by atoms with Crippen molar-refractivity contribution in [3.63, 3.8) is 0 Å². The van der Waals surface area contributed by atoms with Crippen molar-refractivity contribution in [2.45, 2.75) is 31.7 Å². The van der Waals surface area contributed by atoms with Gasteiger partial charge in [-0.2, -0.15) is 0 Å². The van der Waals surface area contributed by atoms with Gasteiger partial charge in [-0.1, -0.05) is 24.3 Å². The van der Waals surface area contributed by atoms with Crippen LogP contribution in [0.25, 0.3) is 0 Å². The van der Waals surface area contributed by atoms with E-state index in [0.717, 1.165) is 5.56 Å². The van der Waals surface area contributed by atoms with Gasteiger partial charge in [-0.25, -0.2) is 0 Å². The number of Topliss-reactive ketones (excluding diaryl/α,β-unsaturated/α-hetero) is 1. The molecule has 0 spiro atoms. The van der Waals surface area contributed by atoms with Crippen LogP contribution in [0.15, 0.2) is 24.3 Å². The molecular formula is C14H19NO. The van der Waals surface area contributed by atoms with Crippen LogP contribution < -0.4 is 0 Å². The van der Waals surface area contributed by atoms with Crippen LogP contribution in [0.3, 0.4) is 0 Å². The third kappa shape index (κ3) is 1.67. The molecule has 0 radical (unpaired) electrons. The zero-order valence-electron chi connectivity index (χ0n) is 10.3. The Morgan fingerprint density at radius 1 is 1.19 bits per heavy atom. The van der Waals surface area contributed by atoms with Crippen molar-refractivity contribution in [2.24, 2.45) is 0 Å². The van der Waals surface area contributed by atoms with Gasteiger partial charge < -0.3 is 0 Å². The third-order valence-corrected chi connectivity index (χ3v) is 3.87. The van der Waals surface area contributed by atoms with Gasteiger partial charge in [0.05, 0.1) is 0 Å². The summed E-state index contributed by atoms with van der Waals surface area (Å²) in [6, 6.07) is 8.11. The molecule has 1 saturated carbocycles. The van der Waals surface area contributed by atoms with Crippen LogP contribution >= 0.6 is 0 Å². The number of hydrogen-bond acceptors (Lipinski definition) is 2. The Morgan fingerprint density at radius 2 is 1.75 bits per heavy atom. The fourth-order valence-corrected chi connectivity index (χ4v) is 2.52. The maximum atomic E-state index is 11.2. The molecule has 1 aliphatic carbocycles. The smallest absolute Gasteiger partial charge is 0.159 e. The summed E-state index contributed by atoms with van der Waals surface area (Å²) in [5.74, 6) is 0.138. The molecule has 1 fully saturated rings. The molecule has 1 aliphatic rings. The fraction of sp³-hybridized carbons (Fsp3) is 0.500. The lowest BCUT2D eigenvalue weighted by Gasteiger charge is -2.48. The number of hydrogen-bond donors (Lipinski definition) is 0. The second kappa shape index (κ2) is 4.02. The SMILES string of the molecule is CC(=O)c1ccc(C2(N(C)C)CCC2)cc1. The summed E-state index contributed by atoms with van der Waals surface area (Å²) in [6.45, 7) is 1.61. The number of ketones is 1. The zero-order valence-corrected chi connectivity index (χ0v) is 10.3. The molecule has 0 heterocycles. The van der Waals surface area contributed by atoms with Gasteiger partial charge in [0, 0.05) is 11.1 Å². The van der Waals surface area contributed by atoms with Gasteiger partial charge in [0.2, 0.25) is 0 Å². The van der Waals surface area contributed by atoms with Gasteiger partial charge in [0.1, 0.15) is 0 Å². The highest BCUT2D eigenvalue weighted by atomic mass is 16.1. The Morgan fingerprint density at radius 3 is 2.06 bits per heavy atom. The molecule has 0 amide bonds. The van der Waals surface area contributed by atoms with Crippen LogP contribution in [0.5, 0.6) is 0 Å². The molecule has 0 aromatic heterocycles. The number of benzene rings is 1. The summed E-state index contributed by atoms with van der Waals surface area (Å²) in [4.78, 5) is 13.5. The highest BCUT2D eigenvalue weighted by Crippen LogP contribution is 2.45. The molecule has 0 aliphatic heterocycles. The highest BCUT2D eigenvalue weighted by molar-refractivity contribution is 5.94. The van der Waals surface area contributed by atoms with Gasteiger partial charge in [-0.3, -0.25) is 9.69 Å². The van der Waals surface area contributed by atoms with E-state index in [2.05, 4.69) is 31.1 Å². The minimum absolute atomic E-state index is 0.138. The lowest BCUT2D eigenvalue weighted by atomic mass is 9.71. The first kappa shape index (κ1) is 11.3. The van der Waals surface area contributed by atoms with Crippen molar-refractivity contribution in [1.29, 1.82) is 0 Å². The maximum Gasteiger partial charge on any atom is 0.159 e. The monoisotopic (exact) mass is 217 g/mol. The standard InChI is InChI=1S/C14H19NO/c1-11(16)12-5-7-13(8-6-12)14(15(2)3)9-4-10-14/h5-8H,4,9-10H2,1-3H3. The average Bonchev–Trinajstić information content (AvgIpc) is 2.16. The third-order valence-electron chi connectivity index (χ3n) is 3.87. The second-order valence-electron chi connectivity index (χ2n) is 4.91. The number of rotatable bonds is 3. The van der Waals surface area contributed by atoms with Crippen molar-refractivity contribution in [3.05, 3.63) is 35.4 Å². The summed E-state index contributed by atoms with van der Waals surface area (Å²) in [7, 11) is 4.27. The zero-order chi connectivity index (χ0) is 11.8. The fourth-order valence-electron chi connectivity index (χ4n) is 2.52. The minimum Gasteiger partial charge on any atom is -0.300 e. The molecule has 0 N–H and O–H groups in total. The maximum absolute atomic E-state index is 11.2. The first-order chi connectivity index (χ1) is 7.56. The Labute approximate surface area is 97.3 Å². The quantitative estimate of drug-likeness (QED) is 0.726. The molecule has 0 bridgehead atoms. The van der Waals surface area contributed by atoms with Crippen LogP contribution in [-0.2, 0) is 5.54 Å². The summed E-state index contributed by atoms with van der Waals surface area (Å²) >= 11 is 0. The van der Waals surface area contributed by atoms with Crippen molar-refractivity contribution < 1.29 is 4.79 Å². The average molecular weight is 217 g/mol. The molecule has 0 atom stereocenters. The van der Waals surface area contributed by atoms with E-state index in [-0.39, 0.29) is 11.3 Å². The van der Waals surface area contributed by atoms with Crippen LogP contribution in [0.2, 0.25) is 0 Å². The van der Waals surface area contributed by atoms with Gasteiger partial charge >= 0.3 is 0 Å². The van der Waals surface area contributed by atoms with Crippen molar-refractivity contribution in [3.8, 4) is 0 Å². The normalized spacial score (nSPS) is 18.2. The van der Waals surface area contributed by atoms with E-state index >= 15 is 0 Å². The van der Waals surface area contributed by atoms with Gasteiger partial charge in [0.25, 0.3) is 0 Å². The lowest BCUT2D eigenvalue weighted by molar-refractivity contribution is 0.0577. The first-order valence-corrected chi connectivity index (χ1v) is 5.85. The van der Waals surface area contributed by atoms with E-state index in [0.29, 0.717) is 0 Å². The Balaban J connectivity index is 2.30. The molecule has 0 unspecified atom stereocenters. The topological polar surface area (TPSA) is 20.3 Å². The molecule has 0 saturated heterocycles. The van der Waals surface area contributed by atoms with E-state index in [4.69, 9.17) is 0 Å². The van der Waals surface area contributed by atoms with E-state index < -0.39 is 0 Å². The summed E-state index contributed by atoms with van der Waals surface area (Å²) < 4.78 is 0. The molecule has 86 valence electrons. The predicted octanol–water partition coefficient (Wildman–Crippen LogP) is 2.83. The Kier molecular flexibility index (Phi) is 2.85. The molecule has 2 nitrogen and oxygen atoms in total. The van der Waals surface area contributed by atoms with Crippen LogP contribution in [0, 0.1) is 0 Å². The molecular weight excluding hydrogens is 198 g/mol. The first-order valence-electron chi connectivity index (χ1n) is 5.85. The van der Waals surface area contributed by atoms with Crippen LogP contribution in [0.1, 0.15) is 42.1 Å². The number of nitrogens with zero attached hydrogens (tertiary/aromatic N) is 1. The van der Waals surface area contributed by atoms with Gasteiger partial charge in [0.15, 0.2) is 5.78 Å². The van der Waals surface area contributed by atoms with Crippen molar-refractivity contribution >= 4 is 5.78 Å². The van der Waals surface area contributed by atoms with Crippen LogP contribution in [0.4, 0.5) is 0 Å². The predicted molar refractivity (Wildman–Crippen MR) is 65.7 cm³/mol. The van der Waals surface area contributed by atoms with E-state index in [1.54, 1.807) is 6.92 Å². The molecule has 2 heteroatoms. The molecule has 16 heavy (non-hydrogen) atoms. The van der Waals surface area contributed by atoms with E-state index in [1.165, 1.54) is 24.8 Å². The van der Waals surface area contributed by atoms with E-state index in [9.17, 15) is 4.79 Å². The van der Waals surface area contributed by atoms with E-state index in [1.807, 2.05) is 12.1 Å². The largest absolute Gasteiger partial charge is 0.300 e. The van der Waals surface area contributed by atoms with Crippen molar-refractivity contribution in [2.75, 3.05) is 14.1 Å².